The van der Waals surface area contributed by atoms with E-state index in [1.807, 2.05) is 18.2 Å². The van der Waals surface area contributed by atoms with Crippen LogP contribution in [0.1, 0.15) is 16.8 Å². The van der Waals surface area contributed by atoms with Crippen LogP contribution in [-0.2, 0) is 14.3 Å². The van der Waals surface area contributed by atoms with Crippen molar-refractivity contribution < 1.29 is 28.2 Å². The highest BCUT2D eigenvalue weighted by Gasteiger charge is 2.36. The normalized spacial score (nSPS) is 16.1. The fourth-order valence-electron chi connectivity index (χ4n) is 3.00. The van der Waals surface area contributed by atoms with E-state index in [1.165, 1.54) is 29.2 Å². The SMILES string of the molecule is O=C(CC1C(=O)NCCN1C(=O)c1ccccc1F)OCCOc1ccccc1. The molecule has 2 amide bonds. The fourth-order valence-corrected chi connectivity index (χ4v) is 3.00. The molecule has 1 aliphatic rings. The quantitative estimate of drug-likeness (QED) is 0.566. The molecule has 1 aliphatic heterocycles. The van der Waals surface area contributed by atoms with Crippen molar-refractivity contribution in [3.63, 3.8) is 0 Å². The van der Waals surface area contributed by atoms with Gasteiger partial charge >= 0.3 is 5.97 Å². The first-order valence-corrected chi connectivity index (χ1v) is 9.23. The molecule has 1 fully saturated rings. The van der Waals surface area contributed by atoms with Gasteiger partial charge in [-0.25, -0.2) is 4.39 Å². The van der Waals surface area contributed by atoms with Gasteiger partial charge in [-0.05, 0) is 24.3 Å². The van der Waals surface area contributed by atoms with E-state index in [2.05, 4.69) is 5.32 Å². The van der Waals surface area contributed by atoms with E-state index < -0.39 is 29.6 Å². The zero-order valence-corrected chi connectivity index (χ0v) is 15.7. The summed E-state index contributed by atoms with van der Waals surface area (Å²) in [6, 6.07) is 13.5. The number of carbonyl (C=O) groups excluding carboxylic acids is 3. The molecule has 0 radical (unpaired) electrons. The molecule has 0 aromatic heterocycles. The number of halogens is 1. The van der Waals surface area contributed by atoms with Gasteiger partial charge in [0, 0.05) is 13.1 Å². The van der Waals surface area contributed by atoms with Crippen molar-refractivity contribution in [1.29, 1.82) is 0 Å². The number of ether oxygens (including phenoxy) is 2. The second-order valence-corrected chi connectivity index (χ2v) is 6.37. The fraction of sp³-hybridized carbons (Fsp3) is 0.286. The lowest BCUT2D eigenvalue weighted by atomic mass is 10.1. The smallest absolute Gasteiger partial charge is 0.308 e. The number of hydrogen-bond donors (Lipinski definition) is 1. The molecule has 7 nitrogen and oxygen atoms in total. The summed E-state index contributed by atoms with van der Waals surface area (Å²) in [6.45, 7) is 0.567. The van der Waals surface area contributed by atoms with Crippen molar-refractivity contribution >= 4 is 17.8 Å². The third-order valence-corrected chi connectivity index (χ3v) is 4.41. The highest BCUT2D eigenvalue weighted by atomic mass is 19.1. The maximum atomic E-state index is 14.0. The predicted molar refractivity (Wildman–Crippen MR) is 102 cm³/mol. The zero-order valence-electron chi connectivity index (χ0n) is 15.7. The lowest BCUT2D eigenvalue weighted by molar-refractivity contribution is -0.148. The van der Waals surface area contributed by atoms with Gasteiger partial charge in [0.2, 0.25) is 5.91 Å². The largest absolute Gasteiger partial charge is 0.490 e. The average molecular weight is 400 g/mol. The first-order chi connectivity index (χ1) is 14.1. The van der Waals surface area contributed by atoms with Gasteiger partial charge in [0.1, 0.15) is 30.8 Å². The molecule has 29 heavy (non-hydrogen) atoms. The van der Waals surface area contributed by atoms with Gasteiger partial charge < -0.3 is 19.7 Å². The Morgan fingerprint density at radius 1 is 1.07 bits per heavy atom. The van der Waals surface area contributed by atoms with E-state index in [9.17, 15) is 18.8 Å². The third-order valence-electron chi connectivity index (χ3n) is 4.41. The number of hydrogen-bond acceptors (Lipinski definition) is 5. The van der Waals surface area contributed by atoms with Gasteiger partial charge in [0.15, 0.2) is 0 Å². The Morgan fingerprint density at radius 2 is 1.79 bits per heavy atom. The van der Waals surface area contributed by atoms with Crippen molar-refractivity contribution in [3.05, 3.63) is 66.0 Å². The van der Waals surface area contributed by atoms with Crippen LogP contribution in [0, 0.1) is 5.82 Å². The average Bonchev–Trinajstić information content (AvgIpc) is 2.73. The Bertz CT molecular complexity index is 874. The number of esters is 1. The predicted octanol–water partition coefficient (Wildman–Crippen LogP) is 1.78. The highest BCUT2D eigenvalue weighted by Crippen LogP contribution is 2.17. The topological polar surface area (TPSA) is 84.9 Å². The number of amides is 2. The summed E-state index contributed by atoms with van der Waals surface area (Å²) in [5, 5.41) is 2.62. The molecule has 0 aliphatic carbocycles. The molecule has 1 saturated heterocycles. The van der Waals surface area contributed by atoms with Gasteiger partial charge in [-0.15, -0.1) is 0 Å². The monoisotopic (exact) mass is 400 g/mol. The van der Waals surface area contributed by atoms with Crippen molar-refractivity contribution in [1.82, 2.24) is 10.2 Å². The molecule has 1 atom stereocenters. The Hall–Kier alpha value is -3.42. The first-order valence-electron chi connectivity index (χ1n) is 9.23. The molecule has 1 heterocycles. The molecular formula is C21H21FN2O5. The summed E-state index contributed by atoms with van der Waals surface area (Å²) in [4.78, 5) is 38.3. The van der Waals surface area contributed by atoms with Crippen LogP contribution >= 0.6 is 0 Å². The zero-order chi connectivity index (χ0) is 20.6. The van der Waals surface area contributed by atoms with E-state index in [0.29, 0.717) is 5.75 Å². The van der Waals surface area contributed by atoms with Crippen LogP contribution in [0.4, 0.5) is 4.39 Å². The first kappa shape index (κ1) is 20.3. The van der Waals surface area contributed by atoms with Gasteiger partial charge in [0.05, 0.1) is 12.0 Å². The van der Waals surface area contributed by atoms with Crippen molar-refractivity contribution in [3.8, 4) is 5.75 Å². The van der Waals surface area contributed by atoms with Crippen LogP contribution in [0.3, 0.4) is 0 Å². The molecule has 0 saturated carbocycles. The molecular weight excluding hydrogens is 379 g/mol. The summed E-state index contributed by atoms with van der Waals surface area (Å²) in [5.74, 6) is -1.78. The minimum atomic E-state index is -1.06. The van der Waals surface area contributed by atoms with Crippen LogP contribution in [0.5, 0.6) is 5.75 Å². The molecule has 152 valence electrons. The van der Waals surface area contributed by atoms with Crippen LogP contribution in [0.2, 0.25) is 0 Å². The summed E-state index contributed by atoms with van der Waals surface area (Å²) < 4.78 is 24.5. The summed E-state index contributed by atoms with van der Waals surface area (Å²) in [5.41, 5.74) is -0.142. The summed E-state index contributed by atoms with van der Waals surface area (Å²) in [6.07, 6.45) is -0.322. The van der Waals surface area contributed by atoms with E-state index in [0.717, 1.165) is 0 Å². The third kappa shape index (κ3) is 5.31. The number of carbonyl (C=O) groups is 3. The molecule has 8 heteroatoms. The Balaban J connectivity index is 1.56. The summed E-state index contributed by atoms with van der Waals surface area (Å²) in [7, 11) is 0. The van der Waals surface area contributed by atoms with Crippen LogP contribution in [-0.4, -0.2) is 55.0 Å². The Labute approximate surface area is 167 Å². The lowest BCUT2D eigenvalue weighted by Gasteiger charge is -2.34. The molecule has 0 bridgehead atoms. The molecule has 1 N–H and O–H groups in total. The molecule has 2 aromatic rings. The van der Waals surface area contributed by atoms with E-state index in [1.54, 1.807) is 12.1 Å². The van der Waals surface area contributed by atoms with Crippen LogP contribution < -0.4 is 10.1 Å². The highest BCUT2D eigenvalue weighted by molar-refractivity contribution is 5.99. The molecule has 3 rings (SSSR count). The molecule has 1 unspecified atom stereocenters. The minimum absolute atomic E-state index is 0.00330. The Kier molecular flexibility index (Phi) is 6.78. The van der Waals surface area contributed by atoms with Crippen molar-refractivity contribution in [2.45, 2.75) is 12.5 Å². The Morgan fingerprint density at radius 3 is 2.55 bits per heavy atom. The van der Waals surface area contributed by atoms with Gasteiger partial charge in [0.25, 0.3) is 5.91 Å². The van der Waals surface area contributed by atoms with Gasteiger partial charge in [-0.3, -0.25) is 14.4 Å². The molecule has 2 aromatic carbocycles. The standard InChI is InChI=1S/C21H21FN2O5/c22-17-9-5-4-8-16(17)21(27)24-11-10-23-20(26)18(24)14-19(25)29-13-12-28-15-6-2-1-3-7-15/h1-9,18H,10-14H2,(H,23,26). The maximum absolute atomic E-state index is 14.0. The lowest BCUT2D eigenvalue weighted by Crippen LogP contribution is -2.58. The number of nitrogens with zero attached hydrogens (tertiary/aromatic N) is 1. The van der Waals surface area contributed by atoms with E-state index in [4.69, 9.17) is 9.47 Å². The maximum Gasteiger partial charge on any atom is 0.308 e. The van der Waals surface area contributed by atoms with Crippen molar-refractivity contribution in [2.24, 2.45) is 0 Å². The second kappa shape index (κ2) is 9.68. The van der Waals surface area contributed by atoms with E-state index >= 15 is 0 Å². The molecule has 0 spiro atoms. The van der Waals surface area contributed by atoms with Crippen molar-refractivity contribution in [2.75, 3.05) is 26.3 Å². The van der Waals surface area contributed by atoms with Gasteiger partial charge in [-0.2, -0.15) is 0 Å². The number of para-hydroxylation sites is 1. The number of rotatable bonds is 7. The summed E-state index contributed by atoms with van der Waals surface area (Å²) >= 11 is 0. The van der Waals surface area contributed by atoms with Crippen LogP contribution in [0.25, 0.3) is 0 Å². The number of nitrogens with one attached hydrogen (secondary N) is 1. The minimum Gasteiger partial charge on any atom is -0.490 e. The van der Waals surface area contributed by atoms with Crippen LogP contribution in [0.15, 0.2) is 54.6 Å². The second-order valence-electron chi connectivity index (χ2n) is 6.37. The number of benzene rings is 2. The van der Waals surface area contributed by atoms with E-state index in [-0.39, 0.29) is 38.3 Å². The van der Waals surface area contributed by atoms with Gasteiger partial charge in [-0.1, -0.05) is 30.3 Å². The number of piperazine rings is 1.